The van der Waals surface area contributed by atoms with E-state index in [4.69, 9.17) is 11.6 Å². The van der Waals surface area contributed by atoms with E-state index in [1.165, 1.54) is 22.2 Å². The molecule has 0 saturated heterocycles. The molecule has 0 bridgehead atoms. The Labute approximate surface area is 108 Å². The van der Waals surface area contributed by atoms with Crippen molar-refractivity contribution in [2.75, 3.05) is 12.4 Å². The van der Waals surface area contributed by atoms with Crippen LogP contribution in [0.25, 0.3) is 0 Å². The zero-order valence-corrected chi connectivity index (χ0v) is 11.7. The summed E-state index contributed by atoms with van der Waals surface area (Å²) >= 11 is 11.1. The molecule has 84 valence electrons. The van der Waals surface area contributed by atoms with Gasteiger partial charge in [-0.05, 0) is 46.7 Å². The number of hydrogen-bond acceptors (Lipinski definition) is 2. The van der Waals surface area contributed by atoms with Crippen LogP contribution in [0.1, 0.15) is 24.1 Å². The van der Waals surface area contributed by atoms with Crippen molar-refractivity contribution in [3.63, 3.8) is 0 Å². The van der Waals surface area contributed by atoms with Crippen LogP contribution < -0.4 is 5.32 Å². The van der Waals surface area contributed by atoms with Crippen molar-refractivity contribution in [1.29, 1.82) is 0 Å². The average Bonchev–Trinajstić information content (AvgIpc) is 2.83. The Kier molecular flexibility index (Phi) is 4.10. The smallest absolute Gasteiger partial charge is 0.0300 e. The highest BCUT2D eigenvalue weighted by Gasteiger charge is 2.40. The topological polar surface area (TPSA) is 12.0 Å². The minimum absolute atomic E-state index is 0.538. The van der Waals surface area contributed by atoms with Crippen molar-refractivity contribution in [3.8, 4) is 0 Å². The summed E-state index contributed by atoms with van der Waals surface area (Å²) in [6, 6.07) is 2.18. The van der Waals surface area contributed by atoms with Crippen LogP contribution in [0, 0.1) is 5.41 Å². The van der Waals surface area contributed by atoms with Gasteiger partial charge < -0.3 is 5.32 Å². The molecule has 1 saturated carbocycles. The quantitative estimate of drug-likeness (QED) is 0.783. The molecule has 1 aliphatic carbocycles. The van der Waals surface area contributed by atoms with Crippen LogP contribution in [0.5, 0.6) is 0 Å². The minimum Gasteiger partial charge on any atom is -0.311 e. The molecule has 1 heterocycles. The summed E-state index contributed by atoms with van der Waals surface area (Å²) in [5, 5.41) is 5.66. The Morgan fingerprint density at radius 3 is 2.87 bits per heavy atom. The lowest BCUT2D eigenvalue weighted by molar-refractivity contribution is 0.447. The first-order valence-electron chi connectivity index (χ1n) is 5.24. The second-order valence-corrected chi connectivity index (χ2v) is 6.56. The normalized spacial score (nSPS) is 18.0. The first-order valence-corrected chi connectivity index (χ1v) is 7.44. The summed E-state index contributed by atoms with van der Waals surface area (Å²) in [4.78, 5) is 1.39. The molecule has 1 N–H and O–H groups in total. The van der Waals surface area contributed by atoms with E-state index in [1.54, 1.807) is 11.3 Å². The third kappa shape index (κ3) is 3.45. The molecular formula is C11H15BrClNS. The number of rotatable bonds is 6. The summed E-state index contributed by atoms with van der Waals surface area (Å²) in [7, 11) is 0. The third-order valence-corrected chi connectivity index (χ3v) is 4.89. The van der Waals surface area contributed by atoms with Crippen LogP contribution >= 0.6 is 38.9 Å². The predicted octanol–water partition coefficient (Wildman–Crippen LogP) is 4.01. The van der Waals surface area contributed by atoms with E-state index in [9.17, 15) is 0 Å². The monoisotopic (exact) mass is 307 g/mol. The zero-order chi connectivity index (χ0) is 10.7. The van der Waals surface area contributed by atoms with Gasteiger partial charge in [-0.25, -0.2) is 0 Å². The van der Waals surface area contributed by atoms with Gasteiger partial charge in [0.1, 0.15) is 0 Å². The van der Waals surface area contributed by atoms with Crippen LogP contribution in [0.3, 0.4) is 0 Å². The summed E-state index contributed by atoms with van der Waals surface area (Å²) in [5.74, 6) is 0.798. The Morgan fingerprint density at radius 1 is 1.53 bits per heavy atom. The third-order valence-electron chi connectivity index (χ3n) is 3.00. The largest absolute Gasteiger partial charge is 0.311 e. The van der Waals surface area contributed by atoms with E-state index in [2.05, 4.69) is 32.7 Å². The standard InChI is InChI=1S/C11H15BrClNS/c12-9-5-10(15-7-9)6-14-8-11(1-2-11)3-4-13/h5,7,14H,1-4,6,8H2. The molecule has 0 aliphatic heterocycles. The lowest BCUT2D eigenvalue weighted by atomic mass is 10.0. The second kappa shape index (κ2) is 5.17. The van der Waals surface area contributed by atoms with Gasteiger partial charge in [0, 0.05) is 33.7 Å². The average molecular weight is 309 g/mol. The van der Waals surface area contributed by atoms with Crippen LogP contribution in [0.2, 0.25) is 0 Å². The van der Waals surface area contributed by atoms with E-state index >= 15 is 0 Å². The molecule has 1 nitrogen and oxygen atoms in total. The van der Waals surface area contributed by atoms with Crippen LogP contribution in [0.4, 0.5) is 0 Å². The number of thiophene rings is 1. The highest BCUT2D eigenvalue weighted by molar-refractivity contribution is 9.10. The maximum Gasteiger partial charge on any atom is 0.0300 e. The van der Waals surface area contributed by atoms with Gasteiger partial charge in [-0.2, -0.15) is 0 Å². The Morgan fingerprint density at radius 2 is 2.33 bits per heavy atom. The molecule has 0 aromatic carbocycles. The van der Waals surface area contributed by atoms with Gasteiger partial charge in [-0.1, -0.05) is 0 Å². The van der Waals surface area contributed by atoms with Crippen molar-refractivity contribution < 1.29 is 0 Å². The first-order chi connectivity index (χ1) is 7.24. The maximum atomic E-state index is 5.79. The molecule has 0 unspecified atom stereocenters. The number of nitrogens with one attached hydrogen (secondary N) is 1. The lowest BCUT2D eigenvalue weighted by Gasteiger charge is -2.13. The van der Waals surface area contributed by atoms with E-state index in [0.717, 1.165) is 25.4 Å². The van der Waals surface area contributed by atoms with Gasteiger partial charge >= 0.3 is 0 Å². The summed E-state index contributed by atoms with van der Waals surface area (Å²) in [5.41, 5.74) is 0.538. The summed E-state index contributed by atoms with van der Waals surface area (Å²) in [6.07, 6.45) is 3.86. The molecule has 0 radical (unpaired) electrons. The Hall–Kier alpha value is 0.430. The van der Waals surface area contributed by atoms with Gasteiger partial charge in [0.2, 0.25) is 0 Å². The number of halogens is 2. The van der Waals surface area contributed by atoms with E-state index in [0.29, 0.717) is 5.41 Å². The zero-order valence-electron chi connectivity index (χ0n) is 8.56. The van der Waals surface area contributed by atoms with Gasteiger partial charge in [-0.3, -0.25) is 0 Å². The van der Waals surface area contributed by atoms with Gasteiger partial charge in [0.25, 0.3) is 0 Å². The fourth-order valence-corrected chi connectivity index (χ4v) is 3.61. The Bertz CT molecular complexity index is 322. The molecule has 0 amide bonds. The van der Waals surface area contributed by atoms with Crippen molar-refractivity contribution in [2.24, 2.45) is 5.41 Å². The number of alkyl halides is 1. The highest BCUT2D eigenvalue weighted by Crippen LogP contribution is 2.48. The molecule has 4 heteroatoms. The van der Waals surface area contributed by atoms with Crippen molar-refractivity contribution in [1.82, 2.24) is 5.32 Å². The second-order valence-electron chi connectivity index (χ2n) is 4.27. The summed E-state index contributed by atoms with van der Waals surface area (Å²) in [6.45, 7) is 2.11. The van der Waals surface area contributed by atoms with Gasteiger partial charge in [0.15, 0.2) is 0 Å². The molecule has 1 aliphatic rings. The van der Waals surface area contributed by atoms with Gasteiger partial charge in [-0.15, -0.1) is 22.9 Å². The van der Waals surface area contributed by atoms with E-state index in [-0.39, 0.29) is 0 Å². The molecular weight excluding hydrogens is 294 g/mol. The van der Waals surface area contributed by atoms with Crippen LogP contribution in [-0.2, 0) is 6.54 Å². The molecule has 0 spiro atoms. The SMILES string of the molecule is ClCCC1(CNCc2cc(Br)cs2)CC1. The molecule has 0 atom stereocenters. The molecule has 1 fully saturated rings. The number of hydrogen-bond donors (Lipinski definition) is 1. The maximum absolute atomic E-state index is 5.79. The lowest BCUT2D eigenvalue weighted by Crippen LogP contribution is -2.23. The van der Waals surface area contributed by atoms with E-state index < -0.39 is 0 Å². The van der Waals surface area contributed by atoms with Crippen molar-refractivity contribution >= 4 is 38.9 Å². The minimum atomic E-state index is 0.538. The predicted molar refractivity (Wildman–Crippen MR) is 70.7 cm³/mol. The summed E-state index contributed by atoms with van der Waals surface area (Å²) < 4.78 is 1.19. The van der Waals surface area contributed by atoms with Crippen LogP contribution in [0.15, 0.2) is 15.9 Å². The molecule has 15 heavy (non-hydrogen) atoms. The van der Waals surface area contributed by atoms with Crippen molar-refractivity contribution in [3.05, 3.63) is 20.8 Å². The molecule has 2 rings (SSSR count). The Balaban J connectivity index is 1.71. The first kappa shape index (κ1) is 11.9. The molecule has 1 aromatic heterocycles. The highest BCUT2D eigenvalue weighted by atomic mass is 79.9. The van der Waals surface area contributed by atoms with Gasteiger partial charge in [0.05, 0.1) is 0 Å². The van der Waals surface area contributed by atoms with Crippen LogP contribution in [-0.4, -0.2) is 12.4 Å². The van der Waals surface area contributed by atoms with Crippen molar-refractivity contribution in [2.45, 2.75) is 25.8 Å². The van der Waals surface area contributed by atoms with E-state index in [1.807, 2.05) is 0 Å². The molecule has 1 aromatic rings. The fourth-order valence-electron chi connectivity index (χ4n) is 1.79. The fraction of sp³-hybridized carbons (Fsp3) is 0.636.